The van der Waals surface area contributed by atoms with Gasteiger partial charge in [0.2, 0.25) is 0 Å². The Morgan fingerprint density at radius 2 is 1.80 bits per heavy atom. The number of nitrogens with one attached hydrogen (secondary N) is 1. The lowest BCUT2D eigenvalue weighted by Crippen LogP contribution is -2.21. The van der Waals surface area contributed by atoms with E-state index in [-0.39, 0.29) is 0 Å². The van der Waals surface area contributed by atoms with E-state index in [1.54, 1.807) is 11.1 Å². The van der Waals surface area contributed by atoms with Crippen molar-refractivity contribution in [3.63, 3.8) is 0 Å². The fourth-order valence-electron chi connectivity index (χ4n) is 5.84. The predicted molar refractivity (Wildman–Crippen MR) is 156 cm³/mol. The molecule has 0 bridgehead atoms. The first-order valence-electron chi connectivity index (χ1n) is 13.8. The fourth-order valence-corrected chi connectivity index (χ4v) is 5.90. The third-order valence-corrected chi connectivity index (χ3v) is 7.86. The van der Waals surface area contributed by atoms with Gasteiger partial charge in [-0.3, -0.25) is 0 Å². The Morgan fingerprint density at radius 3 is 2.46 bits per heavy atom. The van der Waals surface area contributed by atoms with Gasteiger partial charge in [-0.15, -0.1) is 0 Å². The minimum Gasteiger partial charge on any atom is -0.355 e. The molecule has 1 saturated carbocycles. The molecule has 0 saturated heterocycles. The van der Waals surface area contributed by atoms with Crippen molar-refractivity contribution in [3.8, 4) is 0 Å². The van der Waals surface area contributed by atoms with Gasteiger partial charge in [0, 0.05) is 16.4 Å². The van der Waals surface area contributed by atoms with E-state index >= 15 is 0 Å². The molecule has 1 aromatic carbocycles. The number of halogens is 1. The van der Waals surface area contributed by atoms with Crippen molar-refractivity contribution in [3.05, 3.63) is 86.7 Å². The molecule has 0 aromatic heterocycles. The Bertz CT molecular complexity index is 1020. The summed E-state index contributed by atoms with van der Waals surface area (Å²) in [7, 11) is 0. The van der Waals surface area contributed by atoms with Gasteiger partial charge in [0.1, 0.15) is 0 Å². The van der Waals surface area contributed by atoms with Crippen molar-refractivity contribution in [1.29, 1.82) is 0 Å². The molecule has 1 fully saturated rings. The maximum atomic E-state index is 6.11. The number of aryl methyl sites for hydroxylation is 2. The number of hydrogen-bond donors (Lipinski definition) is 1. The van der Waals surface area contributed by atoms with Gasteiger partial charge in [0.05, 0.1) is 0 Å². The molecule has 1 nitrogen and oxygen atoms in total. The standard InChI is InChI=1S/C33H46ClN/c1-7-12-30(27(6)28-13-9-8-10-14-28)31-16-11-15-29(22-24(3)17-19-26(5)34)33(31)35-32-20-18-23(2)21-25(32)4/h12,17-22,27-28,35H,7-11,13-16H2,1-6H3/b24-17+,26-19+,29-22+,30-12+. The average Bonchev–Trinajstić information content (AvgIpc) is 2.84. The van der Waals surface area contributed by atoms with Gasteiger partial charge in [0.25, 0.3) is 0 Å². The molecular weight excluding hydrogens is 446 g/mol. The van der Waals surface area contributed by atoms with Crippen LogP contribution in [0.1, 0.15) is 96.6 Å². The molecule has 0 amide bonds. The van der Waals surface area contributed by atoms with Crippen LogP contribution in [0, 0.1) is 25.7 Å². The summed E-state index contributed by atoms with van der Waals surface area (Å²) in [5, 5.41) is 4.76. The zero-order valence-electron chi connectivity index (χ0n) is 22.9. The number of hydrogen-bond acceptors (Lipinski definition) is 1. The zero-order valence-corrected chi connectivity index (χ0v) is 23.7. The molecule has 0 radical (unpaired) electrons. The lowest BCUT2D eigenvalue weighted by molar-refractivity contribution is 0.291. The van der Waals surface area contributed by atoms with E-state index in [1.165, 1.54) is 72.2 Å². The van der Waals surface area contributed by atoms with E-state index < -0.39 is 0 Å². The highest BCUT2D eigenvalue weighted by Crippen LogP contribution is 2.42. The molecule has 0 heterocycles. The van der Waals surface area contributed by atoms with Crippen molar-refractivity contribution < 1.29 is 0 Å². The van der Waals surface area contributed by atoms with Gasteiger partial charge in [-0.05, 0) is 112 Å². The third-order valence-electron chi connectivity index (χ3n) is 7.74. The first kappa shape index (κ1) is 27.6. The second-order valence-corrected chi connectivity index (χ2v) is 11.3. The molecule has 2 heteroatoms. The summed E-state index contributed by atoms with van der Waals surface area (Å²) in [6.45, 7) is 13.3. The highest BCUT2D eigenvalue weighted by atomic mass is 35.5. The third kappa shape index (κ3) is 7.74. The summed E-state index contributed by atoms with van der Waals surface area (Å²) in [5.41, 5.74) is 11.0. The molecular formula is C33H46ClN. The molecule has 2 aliphatic rings. The Morgan fingerprint density at radius 1 is 1.06 bits per heavy atom. The fraction of sp³-hybridized carbons (Fsp3) is 0.515. The molecule has 190 valence electrons. The van der Waals surface area contributed by atoms with Crippen LogP contribution in [0.3, 0.4) is 0 Å². The first-order valence-corrected chi connectivity index (χ1v) is 14.2. The van der Waals surface area contributed by atoms with Crippen LogP contribution in [0.15, 0.2) is 75.5 Å². The van der Waals surface area contributed by atoms with Crippen molar-refractivity contribution in [1.82, 2.24) is 0 Å². The molecule has 1 unspecified atom stereocenters. The summed E-state index contributed by atoms with van der Waals surface area (Å²) in [6.07, 6.45) is 20.5. The molecule has 2 aliphatic carbocycles. The molecule has 1 atom stereocenters. The van der Waals surface area contributed by atoms with Crippen LogP contribution >= 0.6 is 11.6 Å². The SMILES string of the molecule is CC/C=C(C1=C(Nc2ccc(C)cc2C)/C(=C/C(C)=C/C=C(\C)Cl)CCC1)\C(C)C1CCCCC1. The van der Waals surface area contributed by atoms with Gasteiger partial charge in [-0.1, -0.05) is 86.2 Å². The summed E-state index contributed by atoms with van der Waals surface area (Å²) < 4.78 is 0. The molecule has 0 aliphatic heterocycles. The minimum atomic E-state index is 0.610. The number of allylic oxidation sites excluding steroid dienone is 9. The van der Waals surface area contributed by atoms with Crippen molar-refractivity contribution >= 4 is 17.3 Å². The maximum absolute atomic E-state index is 6.11. The molecule has 3 rings (SSSR count). The van der Waals surface area contributed by atoms with Gasteiger partial charge in [-0.2, -0.15) is 0 Å². The Hall–Kier alpha value is -1.99. The number of rotatable bonds is 8. The molecule has 1 aromatic rings. The molecule has 0 spiro atoms. The summed E-state index contributed by atoms with van der Waals surface area (Å²) >= 11 is 6.11. The Labute approximate surface area is 220 Å². The largest absolute Gasteiger partial charge is 0.355 e. The lowest BCUT2D eigenvalue weighted by Gasteiger charge is -2.34. The van der Waals surface area contributed by atoms with Crippen molar-refractivity contribution in [2.24, 2.45) is 11.8 Å². The average molecular weight is 492 g/mol. The normalized spacial score (nSPS) is 21.0. The van der Waals surface area contributed by atoms with E-state index in [2.05, 4.69) is 76.4 Å². The van der Waals surface area contributed by atoms with Crippen LogP contribution in [0.2, 0.25) is 0 Å². The molecule has 35 heavy (non-hydrogen) atoms. The van der Waals surface area contributed by atoms with E-state index in [4.69, 9.17) is 11.6 Å². The second-order valence-electron chi connectivity index (χ2n) is 10.7. The van der Waals surface area contributed by atoms with Crippen molar-refractivity contribution in [2.75, 3.05) is 5.32 Å². The summed E-state index contributed by atoms with van der Waals surface area (Å²) in [5.74, 6) is 1.42. The highest BCUT2D eigenvalue weighted by molar-refractivity contribution is 6.29. The van der Waals surface area contributed by atoms with E-state index in [1.807, 2.05) is 13.0 Å². The smallest absolute Gasteiger partial charge is 0.0452 e. The van der Waals surface area contributed by atoms with Crippen molar-refractivity contribution in [2.45, 2.75) is 99.3 Å². The first-order chi connectivity index (χ1) is 16.8. The van der Waals surface area contributed by atoms with E-state index in [0.29, 0.717) is 5.92 Å². The minimum absolute atomic E-state index is 0.610. The maximum Gasteiger partial charge on any atom is 0.0452 e. The molecule has 1 N–H and O–H groups in total. The van der Waals surface area contributed by atoms with Gasteiger partial charge < -0.3 is 5.32 Å². The van der Waals surface area contributed by atoms with Crippen LogP contribution in [0.4, 0.5) is 5.69 Å². The summed E-state index contributed by atoms with van der Waals surface area (Å²) in [4.78, 5) is 0. The second kappa shape index (κ2) is 13.4. The van der Waals surface area contributed by atoms with E-state index in [0.717, 1.165) is 30.2 Å². The lowest BCUT2D eigenvalue weighted by atomic mass is 9.73. The highest BCUT2D eigenvalue weighted by Gasteiger charge is 2.28. The number of anilines is 1. The van der Waals surface area contributed by atoms with Crippen LogP contribution < -0.4 is 5.32 Å². The van der Waals surface area contributed by atoms with Crippen LogP contribution in [-0.2, 0) is 0 Å². The van der Waals surface area contributed by atoms with Gasteiger partial charge in [-0.25, -0.2) is 0 Å². The monoisotopic (exact) mass is 491 g/mol. The zero-order chi connectivity index (χ0) is 25.4. The van der Waals surface area contributed by atoms with E-state index in [9.17, 15) is 0 Å². The summed E-state index contributed by atoms with van der Waals surface area (Å²) in [6, 6.07) is 6.74. The van der Waals surface area contributed by atoms with Gasteiger partial charge >= 0.3 is 0 Å². The number of benzene rings is 1. The van der Waals surface area contributed by atoms with Crippen LogP contribution in [-0.4, -0.2) is 0 Å². The van der Waals surface area contributed by atoms with Crippen LogP contribution in [0.25, 0.3) is 0 Å². The quantitative estimate of drug-likeness (QED) is 0.356. The van der Waals surface area contributed by atoms with Gasteiger partial charge in [0.15, 0.2) is 0 Å². The predicted octanol–water partition coefficient (Wildman–Crippen LogP) is 10.7. The van der Waals surface area contributed by atoms with Crippen LogP contribution in [0.5, 0.6) is 0 Å². The Balaban J connectivity index is 2.11. The topological polar surface area (TPSA) is 12.0 Å². The Kier molecular flexibility index (Phi) is 10.5.